The molecule has 0 radical (unpaired) electrons. The molecule has 1 amide bonds. The minimum atomic E-state index is -0.447. The Hall–Kier alpha value is -2.31. The normalized spacial score (nSPS) is 14.9. The Morgan fingerprint density at radius 1 is 1.43 bits per heavy atom. The quantitative estimate of drug-likeness (QED) is 0.911. The van der Waals surface area contributed by atoms with Crippen molar-refractivity contribution in [1.29, 1.82) is 0 Å². The number of hydrogen-bond donors (Lipinski definition) is 1. The van der Waals surface area contributed by atoms with Gasteiger partial charge in [-0.05, 0) is 25.0 Å². The maximum atomic E-state index is 12.5. The molecule has 1 saturated carbocycles. The van der Waals surface area contributed by atoms with E-state index in [4.69, 9.17) is 4.42 Å². The lowest BCUT2D eigenvalue weighted by atomic mass is 9.96. The van der Waals surface area contributed by atoms with E-state index in [1.54, 1.807) is 23.0 Å². The average molecular weight is 318 g/mol. The van der Waals surface area contributed by atoms with E-state index in [1.165, 1.54) is 4.68 Å². The van der Waals surface area contributed by atoms with Crippen molar-refractivity contribution in [1.82, 2.24) is 19.7 Å². The van der Waals surface area contributed by atoms with Gasteiger partial charge >= 0.3 is 5.69 Å². The molecule has 1 fully saturated rings. The van der Waals surface area contributed by atoms with Crippen molar-refractivity contribution in [2.24, 2.45) is 5.41 Å². The third-order valence-corrected chi connectivity index (χ3v) is 3.81. The van der Waals surface area contributed by atoms with Gasteiger partial charge in [-0.2, -0.15) is 0 Å². The number of carbonyl (C=O) groups is 1. The van der Waals surface area contributed by atoms with Gasteiger partial charge in [0.05, 0.1) is 12.8 Å². The molecule has 0 saturated heterocycles. The predicted molar refractivity (Wildman–Crippen MR) is 84.9 cm³/mol. The van der Waals surface area contributed by atoms with Crippen molar-refractivity contribution in [3.05, 3.63) is 28.9 Å². The largest absolute Gasteiger partial charge is 0.461 e. The summed E-state index contributed by atoms with van der Waals surface area (Å²) >= 11 is 0. The van der Waals surface area contributed by atoms with Crippen LogP contribution in [0, 0.1) is 5.41 Å². The molecule has 23 heavy (non-hydrogen) atoms. The number of hydrogen-bond acceptors (Lipinski definition) is 4. The summed E-state index contributed by atoms with van der Waals surface area (Å²) in [5, 5.41) is 7.23. The molecule has 1 aliphatic carbocycles. The second-order valence-electron chi connectivity index (χ2n) is 6.91. The number of amides is 1. The van der Waals surface area contributed by atoms with Crippen LogP contribution in [0.25, 0.3) is 11.6 Å². The molecule has 2 aromatic rings. The van der Waals surface area contributed by atoms with Crippen molar-refractivity contribution >= 4 is 5.91 Å². The summed E-state index contributed by atoms with van der Waals surface area (Å²) in [7, 11) is 0. The molecule has 2 aromatic heterocycles. The summed E-state index contributed by atoms with van der Waals surface area (Å²) in [6.07, 6.45) is 3.54. The van der Waals surface area contributed by atoms with Crippen LogP contribution >= 0.6 is 0 Å². The third kappa shape index (κ3) is 3.23. The molecule has 7 nitrogen and oxygen atoms in total. The molecule has 0 aliphatic heterocycles. The van der Waals surface area contributed by atoms with Crippen molar-refractivity contribution in [2.45, 2.75) is 46.2 Å². The van der Waals surface area contributed by atoms with Gasteiger partial charge in [-0.25, -0.2) is 9.48 Å². The van der Waals surface area contributed by atoms with Crippen LogP contribution in [-0.2, 0) is 11.3 Å². The first-order valence-electron chi connectivity index (χ1n) is 7.89. The molecule has 7 heteroatoms. The zero-order chi connectivity index (χ0) is 16.6. The highest BCUT2D eigenvalue weighted by Gasteiger charge is 2.31. The molecule has 0 atom stereocenters. The summed E-state index contributed by atoms with van der Waals surface area (Å²) in [4.78, 5) is 24.4. The van der Waals surface area contributed by atoms with Gasteiger partial charge in [0.2, 0.25) is 11.7 Å². The van der Waals surface area contributed by atoms with Crippen molar-refractivity contribution in [2.75, 3.05) is 6.54 Å². The van der Waals surface area contributed by atoms with Gasteiger partial charge in [0.25, 0.3) is 0 Å². The first kappa shape index (κ1) is 15.6. The summed E-state index contributed by atoms with van der Waals surface area (Å²) < 4.78 is 8.49. The van der Waals surface area contributed by atoms with Crippen LogP contribution in [0.3, 0.4) is 0 Å². The van der Waals surface area contributed by atoms with E-state index in [1.807, 2.05) is 20.8 Å². The second-order valence-corrected chi connectivity index (χ2v) is 6.91. The van der Waals surface area contributed by atoms with Crippen molar-refractivity contribution in [3.63, 3.8) is 0 Å². The number of aromatic nitrogens is 3. The van der Waals surface area contributed by atoms with E-state index >= 15 is 0 Å². The van der Waals surface area contributed by atoms with Crippen LogP contribution in [0.2, 0.25) is 0 Å². The SMILES string of the molecule is CC(C)(C)C(=O)NCCn1nc(-c2ccco2)n(C2CC2)c1=O. The van der Waals surface area contributed by atoms with Crippen LogP contribution < -0.4 is 11.0 Å². The van der Waals surface area contributed by atoms with Gasteiger partial charge in [0.15, 0.2) is 5.76 Å². The lowest BCUT2D eigenvalue weighted by Gasteiger charge is -2.17. The first-order valence-corrected chi connectivity index (χ1v) is 7.89. The Kier molecular flexibility index (Phi) is 3.87. The smallest absolute Gasteiger partial charge is 0.346 e. The topological polar surface area (TPSA) is 82.1 Å². The highest BCUT2D eigenvalue weighted by molar-refractivity contribution is 5.81. The van der Waals surface area contributed by atoms with Gasteiger partial charge in [-0.1, -0.05) is 20.8 Å². The highest BCUT2D eigenvalue weighted by atomic mass is 16.3. The Morgan fingerprint density at radius 2 is 2.17 bits per heavy atom. The van der Waals surface area contributed by atoms with Crippen LogP contribution in [0.1, 0.15) is 39.7 Å². The first-order chi connectivity index (χ1) is 10.9. The number of rotatable bonds is 5. The predicted octanol–water partition coefficient (Wildman–Crippen LogP) is 1.80. The highest BCUT2D eigenvalue weighted by Crippen LogP contribution is 2.36. The maximum absolute atomic E-state index is 12.5. The lowest BCUT2D eigenvalue weighted by molar-refractivity contribution is -0.128. The summed E-state index contributed by atoms with van der Waals surface area (Å²) in [6.45, 7) is 6.27. The van der Waals surface area contributed by atoms with Gasteiger partial charge in [-0.3, -0.25) is 9.36 Å². The monoisotopic (exact) mass is 318 g/mol. The van der Waals surface area contributed by atoms with Crippen molar-refractivity contribution < 1.29 is 9.21 Å². The van der Waals surface area contributed by atoms with Crippen LogP contribution in [0.4, 0.5) is 0 Å². The summed E-state index contributed by atoms with van der Waals surface area (Å²) in [6, 6.07) is 3.78. The number of furan rings is 1. The Morgan fingerprint density at radius 3 is 2.74 bits per heavy atom. The molecular weight excluding hydrogens is 296 g/mol. The van der Waals surface area contributed by atoms with Crippen molar-refractivity contribution in [3.8, 4) is 11.6 Å². The van der Waals surface area contributed by atoms with E-state index in [2.05, 4.69) is 10.4 Å². The fourth-order valence-electron chi connectivity index (χ4n) is 2.34. The molecular formula is C16H22N4O3. The molecule has 1 N–H and O–H groups in total. The minimum absolute atomic E-state index is 0.0431. The van der Waals surface area contributed by atoms with Crippen LogP contribution in [0.5, 0.6) is 0 Å². The summed E-state index contributed by atoms with van der Waals surface area (Å²) in [5.74, 6) is 1.11. The van der Waals surface area contributed by atoms with E-state index in [0.29, 0.717) is 24.7 Å². The standard InChI is InChI=1S/C16H22N4O3/c1-16(2,3)14(21)17-8-9-19-15(22)20(11-6-7-11)13(18-19)12-5-4-10-23-12/h4-5,10-11H,6-9H2,1-3H3,(H,17,21). The molecule has 0 unspecified atom stereocenters. The van der Waals surface area contributed by atoms with Crippen LogP contribution in [-0.4, -0.2) is 26.8 Å². The zero-order valence-corrected chi connectivity index (χ0v) is 13.7. The third-order valence-electron chi connectivity index (χ3n) is 3.81. The molecule has 2 heterocycles. The van der Waals surface area contributed by atoms with Gasteiger partial charge in [0.1, 0.15) is 0 Å². The van der Waals surface area contributed by atoms with E-state index in [-0.39, 0.29) is 17.6 Å². The molecule has 0 aromatic carbocycles. The minimum Gasteiger partial charge on any atom is -0.461 e. The molecule has 0 bridgehead atoms. The average Bonchev–Trinajstić information content (AvgIpc) is 3.06. The Bertz CT molecular complexity index is 745. The molecule has 3 rings (SSSR count). The Balaban J connectivity index is 1.77. The number of carbonyl (C=O) groups excluding carboxylic acids is 1. The second kappa shape index (κ2) is 5.72. The van der Waals surface area contributed by atoms with E-state index < -0.39 is 5.41 Å². The lowest BCUT2D eigenvalue weighted by Crippen LogP contribution is -2.38. The molecule has 1 aliphatic rings. The fourth-order valence-corrected chi connectivity index (χ4v) is 2.34. The van der Waals surface area contributed by atoms with Gasteiger partial charge < -0.3 is 9.73 Å². The van der Waals surface area contributed by atoms with Gasteiger partial charge in [-0.15, -0.1) is 5.10 Å². The van der Waals surface area contributed by atoms with Gasteiger partial charge in [0, 0.05) is 18.0 Å². The number of nitrogens with one attached hydrogen (secondary N) is 1. The fraction of sp³-hybridized carbons (Fsp3) is 0.562. The van der Waals surface area contributed by atoms with E-state index in [0.717, 1.165) is 12.8 Å². The number of nitrogens with zero attached hydrogens (tertiary/aromatic N) is 3. The molecule has 124 valence electrons. The van der Waals surface area contributed by atoms with E-state index in [9.17, 15) is 9.59 Å². The molecule has 0 spiro atoms. The van der Waals surface area contributed by atoms with Crippen LogP contribution in [0.15, 0.2) is 27.6 Å². The Labute approximate surface area is 134 Å². The summed E-state index contributed by atoms with van der Waals surface area (Å²) in [5.41, 5.74) is -0.596. The maximum Gasteiger partial charge on any atom is 0.346 e. The zero-order valence-electron chi connectivity index (χ0n) is 13.7.